The molecule has 88 valence electrons. The fraction of sp³-hybridized carbons (Fsp3) is 0.308. The molecule has 1 aromatic heterocycles. The molecule has 4 nitrogen and oxygen atoms in total. The summed E-state index contributed by atoms with van der Waals surface area (Å²) >= 11 is 0. The Morgan fingerprint density at radius 2 is 2.00 bits per heavy atom. The fourth-order valence-corrected chi connectivity index (χ4v) is 2.53. The van der Waals surface area contributed by atoms with Crippen LogP contribution in [0, 0.1) is 0 Å². The minimum Gasteiger partial charge on any atom is -0.502 e. The van der Waals surface area contributed by atoms with Crippen molar-refractivity contribution in [3.63, 3.8) is 0 Å². The van der Waals surface area contributed by atoms with Gasteiger partial charge in [-0.15, -0.1) is 0 Å². The molecule has 1 aliphatic rings. The van der Waals surface area contributed by atoms with Crippen molar-refractivity contribution in [2.24, 2.45) is 0 Å². The van der Waals surface area contributed by atoms with Crippen molar-refractivity contribution in [3.05, 3.63) is 45.9 Å². The zero-order valence-electron chi connectivity index (χ0n) is 9.84. The zero-order chi connectivity index (χ0) is 12.2. The lowest BCUT2D eigenvalue weighted by atomic mass is 10.1. The van der Waals surface area contributed by atoms with Crippen LogP contribution in [-0.4, -0.2) is 14.5 Å². The van der Waals surface area contributed by atoms with Crippen LogP contribution in [0.15, 0.2) is 29.1 Å². The smallest absolute Gasteiger partial charge is 0.313 e. The SMILES string of the molecule is CC(C)c1c(O)c(=O)n2n1Cc1ccccc1-2. The van der Waals surface area contributed by atoms with Crippen LogP contribution < -0.4 is 5.56 Å². The summed E-state index contributed by atoms with van der Waals surface area (Å²) < 4.78 is 3.44. The van der Waals surface area contributed by atoms with E-state index < -0.39 is 0 Å². The third-order valence-corrected chi connectivity index (χ3v) is 3.24. The van der Waals surface area contributed by atoms with Crippen molar-refractivity contribution >= 4 is 0 Å². The Kier molecular flexibility index (Phi) is 1.96. The third kappa shape index (κ3) is 1.21. The van der Waals surface area contributed by atoms with Gasteiger partial charge < -0.3 is 5.11 Å². The van der Waals surface area contributed by atoms with Gasteiger partial charge in [-0.3, -0.25) is 9.48 Å². The molecule has 2 aromatic rings. The normalized spacial score (nSPS) is 12.9. The molecule has 17 heavy (non-hydrogen) atoms. The molecule has 2 heterocycles. The highest BCUT2D eigenvalue weighted by molar-refractivity contribution is 5.47. The maximum Gasteiger partial charge on any atom is 0.313 e. The van der Waals surface area contributed by atoms with Crippen LogP contribution >= 0.6 is 0 Å². The van der Waals surface area contributed by atoms with Gasteiger partial charge >= 0.3 is 5.56 Å². The monoisotopic (exact) mass is 230 g/mol. The molecule has 0 amide bonds. The molecule has 0 aliphatic carbocycles. The van der Waals surface area contributed by atoms with Crippen LogP contribution in [0.25, 0.3) is 5.69 Å². The molecule has 3 rings (SSSR count). The second-order valence-corrected chi connectivity index (χ2v) is 4.69. The van der Waals surface area contributed by atoms with Crippen molar-refractivity contribution in [2.45, 2.75) is 26.3 Å². The van der Waals surface area contributed by atoms with E-state index in [-0.39, 0.29) is 17.2 Å². The highest BCUT2D eigenvalue weighted by atomic mass is 16.3. The molecule has 1 aliphatic heterocycles. The molecular weight excluding hydrogens is 216 g/mol. The molecule has 0 saturated carbocycles. The van der Waals surface area contributed by atoms with E-state index in [2.05, 4.69) is 0 Å². The van der Waals surface area contributed by atoms with Gasteiger partial charge in [-0.25, -0.2) is 4.68 Å². The molecule has 0 saturated heterocycles. The maximum atomic E-state index is 12.0. The van der Waals surface area contributed by atoms with E-state index in [0.717, 1.165) is 11.3 Å². The molecule has 0 atom stereocenters. The number of aromatic nitrogens is 2. The van der Waals surface area contributed by atoms with Crippen LogP contribution in [-0.2, 0) is 6.54 Å². The number of rotatable bonds is 1. The summed E-state index contributed by atoms with van der Waals surface area (Å²) in [5, 5.41) is 9.91. The fourth-order valence-electron chi connectivity index (χ4n) is 2.53. The number of aromatic hydroxyl groups is 1. The molecule has 4 heteroatoms. The number of nitrogens with zero attached hydrogens (tertiary/aromatic N) is 2. The number of benzene rings is 1. The molecular formula is C13H14N2O2. The summed E-state index contributed by atoms with van der Waals surface area (Å²) in [6, 6.07) is 7.78. The minimum atomic E-state index is -0.321. The third-order valence-electron chi connectivity index (χ3n) is 3.24. The Morgan fingerprint density at radius 3 is 2.71 bits per heavy atom. The van der Waals surface area contributed by atoms with Gasteiger partial charge in [0.15, 0.2) is 0 Å². The lowest BCUT2D eigenvalue weighted by molar-refractivity contribution is 0.456. The first-order chi connectivity index (χ1) is 8.11. The quantitative estimate of drug-likeness (QED) is 0.693. The number of fused-ring (bicyclic) bond motifs is 3. The van der Waals surface area contributed by atoms with Gasteiger partial charge in [-0.1, -0.05) is 32.0 Å². The van der Waals surface area contributed by atoms with Crippen molar-refractivity contribution < 1.29 is 5.11 Å². The van der Waals surface area contributed by atoms with E-state index in [1.807, 2.05) is 42.8 Å². The predicted molar refractivity (Wildman–Crippen MR) is 64.9 cm³/mol. The molecule has 1 N–H and O–H groups in total. The van der Waals surface area contributed by atoms with Gasteiger partial charge in [0.1, 0.15) is 0 Å². The van der Waals surface area contributed by atoms with Crippen molar-refractivity contribution in [2.75, 3.05) is 0 Å². The van der Waals surface area contributed by atoms with Gasteiger partial charge in [0.05, 0.1) is 17.9 Å². The first-order valence-corrected chi connectivity index (χ1v) is 5.74. The van der Waals surface area contributed by atoms with E-state index in [0.29, 0.717) is 12.2 Å². The number of hydrogen-bond acceptors (Lipinski definition) is 2. The van der Waals surface area contributed by atoms with Crippen molar-refractivity contribution in [1.29, 1.82) is 0 Å². The van der Waals surface area contributed by atoms with Gasteiger partial charge in [-0.05, 0) is 17.5 Å². The van der Waals surface area contributed by atoms with Gasteiger partial charge in [0, 0.05) is 0 Å². The molecule has 0 bridgehead atoms. The summed E-state index contributed by atoms with van der Waals surface area (Å²) in [7, 11) is 0. The Bertz CT molecular complexity index is 650. The summed E-state index contributed by atoms with van der Waals surface area (Å²) in [4.78, 5) is 12.0. The first kappa shape index (κ1) is 10.2. The standard InChI is InChI=1S/C13H14N2O2/c1-8(2)11-12(16)13(17)15-10-6-4-3-5-9(10)7-14(11)15/h3-6,8,16H,7H2,1-2H3. The van der Waals surface area contributed by atoms with Crippen molar-refractivity contribution in [3.8, 4) is 11.4 Å². The first-order valence-electron chi connectivity index (χ1n) is 5.74. The minimum absolute atomic E-state index is 0.116. The van der Waals surface area contributed by atoms with Gasteiger partial charge in [0.25, 0.3) is 0 Å². The summed E-state index contributed by atoms with van der Waals surface area (Å²) in [6.45, 7) is 4.61. The maximum absolute atomic E-state index is 12.0. The second kappa shape index (κ2) is 3.26. The van der Waals surface area contributed by atoms with Crippen LogP contribution in [0.1, 0.15) is 31.0 Å². The van der Waals surface area contributed by atoms with E-state index in [1.165, 1.54) is 0 Å². The highest BCUT2D eigenvalue weighted by Gasteiger charge is 2.27. The van der Waals surface area contributed by atoms with E-state index in [4.69, 9.17) is 0 Å². The Morgan fingerprint density at radius 1 is 1.29 bits per heavy atom. The van der Waals surface area contributed by atoms with Crippen LogP contribution in [0.4, 0.5) is 0 Å². The lowest BCUT2D eigenvalue weighted by Gasteiger charge is -2.08. The van der Waals surface area contributed by atoms with E-state index in [9.17, 15) is 9.90 Å². The lowest BCUT2D eigenvalue weighted by Crippen LogP contribution is -2.16. The summed E-state index contributed by atoms with van der Waals surface area (Å²) in [6.07, 6.45) is 0. The average molecular weight is 230 g/mol. The van der Waals surface area contributed by atoms with E-state index in [1.54, 1.807) is 4.68 Å². The molecule has 0 spiro atoms. The molecule has 0 fully saturated rings. The molecule has 0 radical (unpaired) electrons. The Labute approximate surface area is 98.7 Å². The summed E-state index contributed by atoms with van der Waals surface area (Å²) in [5.74, 6) is 0.00719. The van der Waals surface area contributed by atoms with Crippen LogP contribution in [0.5, 0.6) is 5.75 Å². The second-order valence-electron chi connectivity index (χ2n) is 4.69. The predicted octanol–water partition coefficient (Wildman–Crippen LogP) is 1.83. The molecule has 1 aromatic carbocycles. The van der Waals surface area contributed by atoms with E-state index >= 15 is 0 Å². The van der Waals surface area contributed by atoms with Gasteiger partial charge in [-0.2, -0.15) is 0 Å². The van der Waals surface area contributed by atoms with Gasteiger partial charge in [0.2, 0.25) is 5.75 Å². The topological polar surface area (TPSA) is 47.2 Å². The number of hydrogen-bond donors (Lipinski definition) is 1. The average Bonchev–Trinajstić information content (AvgIpc) is 2.76. The molecule has 0 unspecified atom stereocenters. The van der Waals surface area contributed by atoms with Crippen LogP contribution in [0.3, 0.4) is 0 Å². The highest BCUT2D eigenvalue weighted by Crippen LogP contribution is 2.30. The Hall–Kier alpha value is -1.97. The Balaban J connectivity index is 2.36. The number of para-hydroxylation sites is 1. The summed E-state index contributed by atoms with van der Waals surface area (Å²) in [5.41, 5.74) is 2.39. The zero-order valence-corrected chi connectivity index (χ0v) is 9.84. The van der Waals surface area contributed by atoms with Crippen LogP contribution in [0.2, 0.25) is 0 Å². The largest absolute Gasteiger partial charge is 0.502 e. The van der Waals surface area contributed by atoms with Crippen molar-refractivity contribution in [1.82, 2.24) is 9.36 Å².